The maximum Gasteiger partial charge on any atom is 0.335 e. The van der Waals surface area contributed by atoms with E-state index in [4.69, 9.17) is 15.6 Å². The van der Waals surface area contributed by atoms with Gasteiger partial charge in [-0.25, -0.2) is 17.9 Å². The Morgan fingerprint density at radius 1 is 1.50 bits per heavy atom. The standard InChI is InChI=1S/C12H18N2O5S/c1-3-19-8(2)7-14-20(17,18)11-5-4-9(12(15)16)6-10(11)13/h4-6,8,14H,3,7,13H2,1-2H3,(H,15,16). The van der Waals surface area contributed by atoms with Gasteiger partial charge in [0.1, 0.15) is 4.90 Å². The average molecular weight is 302 g/mol. The largest absolute Gasteiger partial charge is 0.478 e. The molecule has 0 aliphatic carbocycles. The minimum absolute atomic E-state index is 0.0656. The quantitative estimate of drug-likeness (QED) is 0.637. The predicted octanol–water partition coefficient (Wildman–Crippen LogP) is 0.670. The van der Waals surface area contributed by atoms with E-state index < -0.39 is 16.0 Å². The number of sulfonamides is 1. The first-order chi connectivity index (χ1) is 9.27. The molecule has 0 saturated carbocycles. The van der Waals surface area contributed by atoms with Crippen LogP contribution in [0.4, 0.5) is 5.69 Å². The van der Waals surface area contributed by atoms with Crippen molar-refractivity contribution in [3.63, 3.8) is 0 Å². The number of aromatic carboxylic acids is 1. The number of carboxylic acid groups (broad SMARTS) is 1. The van der Waals surface area contributed by atoms with Crippen LogP contribution in [0, 0.1) is 0 Å². The summed E-state index contributed by atoms with van der Waals surface area (Å²) in [7, 11) is -3.79. The van der Waals surface area contributed by atoms with Gasteiger partial charge in [-0.05, 0) is 32.0 Å². The van der Waals surface area contributed by atoms with Crippen molar-refractivity contribution in [3.05, 3.63) is 23.8 Å². The van der Waals surface area contributed by atoms with E-state index in [1.807, 2.05) is 6.92 Å². The first-order valence-corrected chi connectivity index (χ1v) is 7.50. The van der Waals surface area contributed by atoms with Crippen LogP contribution in [0.5, 0.6) is 0 Å². The lowest BCUT2D eigenvalue weighted by Crippen LogP contribution is -2.32. The molecule has 0 heterocycles. The minimum atomic E-state index is -3.79. The highest BCUT2D eigenvalue weighted by atomic mass is 32.2. The lowest BCUT2D eigenvalue weighted by Gasteiger charge is -2.14. The van der Waals surface area contributed by atoms with E-state index >= 15 is 0 Å². The van der Waals surface area contributed by atoms with Gasteiger partial charge < -0.3 is 15.6 Å². The zero-order chi connectivity index (χ0) is 15.3. The van der Waals surface area contributed by atoms with Gasteiger partial charge in [0.05, 0.1) is 17.4 Å². The summed E-state index contributed by atoms with van der Waals surface area (Å²) in [4.78, 5) is 10.6. The predicted molar refractivity (Wildman–Crippen MR) is 74.1 cm³/mol. The maximum atomic E-state index is 12.0. The Kier molecular flexibility index (Phi) is 5.49. The van der Waals surface area contributed by atoms with Crippen molar-refractivity contribution in [1.29, 1.82) is 0 Å². The van der Waals surface area contributed by atoms with E-state index in [2.05, 4.69) is 4.72 Å². The van der Waals surface area contributed by atoms with Gasteiger partial charge in [0.15, 0.2) is 0 Å². The van der Waals surface area contributed by atoms with Crippen molar-refractivity contribution in [2.45, 2.75) is 24.8 Å². The summed E-state index contributed by atoms with van der Waals surface area (Å²) < 4.78 is 31.7. The van der Waals surface area contributed by atoms with Gasteiger partial charge in [0.25, 0.3) is 0 Å². The van der Waals surface area contributed by atoms with Crippen LogP contribution in [0.25, 0.3) is 0 Å². The van der Waals surface area contributed by atoms with Crippen molar-refractivity contribution in [3.8, 4) is 0 Å². The Hall–Kier alpha value is -1.64. The Bertz CT molecular complexity index is 586. The summed E-state index contributed by atoms with van der Waals surface area (Å²) in [6.07, 6.45) is -0.269. The zero-order valence-corrected chi connectivity index (χ0v) is 12.1. The molecular formula is C12H18N2O5S. The number of anilines is 1. The van der Waals surface area contributed by atoms with E-state index in [-0.39, 0.29) is 28.8 Å². The summed E-state index contributed by atoms with van der Waals surface area (Å²) in [6, 6.07) is 3.48. The number of carboxylic acids is 1. The van der Waals surface area contributed by atoms with E-state index in [9.17, 15) is 13.2 Å². The number of hydrogen-bond donors (Lipinski definition) is 3. The fraction of sp³-hybridized carbons (Fsp3) is 0.417. The highest BCUT2D eigenvalue weighted by molar-refractivity contribution is 7.89. The molecule has 0 radical (unpaired) electrons. The van der Waals surface area contributed by atoms with Crippen LogP contribution < -0.4 is 10.5 Å². The Morgan fingerprint density at radius 3 is 2.65 bits per heavy atom. The third-order valence-corrected chi connectivity index (χ3v) is 4.06. The highest BCUT2D eigenvalue weighted by Crippen LogP contribution is 2.19. The number of ether oxygens (including phenoxy) is 1. The first kappa shape index (κ1) is 16.4. The third-order valence-electron chi connectivity index (χ3n) is 2.56. The summed E-state index contributed by atoms with van der Waals surface area (Å²) in [6.45, 7) is 4.14. The monoisotopic (exact) mass is 302 g/mol. The van der Waals surface area contributed by atoms with Gasteiger partial charge in [-0.1, -0.05) is 0 Å². The van der Waals surface area contributed by atoms with E-state index in [0.717, 1.165) is 6.07 Å². The second-order valence-corrected chi connectivity index (χ2v) is 5.91. The van der Waals surface area contributed by atoms with Crippen molar-refractivity contribution in [1.82, 2.24) is 4.72 Å². The lowest BCUT2D eigenvalue weighted by atomic mass is 10.2. The number of rotatable bonds is 7. The van der Waals surface area contributed by atoms with Crippen LogP contribution in [0.15, 0.2) is 23.1 Å². The van der Waals surface area contributed by atoms with E-state index in [1.165, 1.54) is 12.1 Å². The molecule has 0 spiro atoms. The van der Waals surface area contributed by atoms with Crippen LogP contribution in [-0.4, -0.2) is 38.7 Å². The molecule has 0 saturated heterocycles. The smallest absolute Gasteiger partial charge is 0.335 e. The molecule has 0 aliphatic rings. The van der Waals surface area contributed by atoms with Crippen LogP contribution in [-0.2, 0) is 14.8 Å². The van der Waals surface area contributed by atoms with Crippen molar-refractivity contribution >= 4 is 21.7 Å². The van der Waals surface area contributed by atoms with Gasteiger partial charge in [-0.2, -0.15) is 0 Å². The number of nitrogens with one attached hydrogen (secondary N) is 1. The summed E-state index contributed by atoms with van der Waals surface area (Å²) in [5, 5.41) is 8.80. The molecule has 0 bridgehead atoms. The Morgan fingerprint density at radius 2 is 2.15 bits per heavy atom. The van der Waals surface area contributed by atoms with Crippen molar-refractivity contribution < 1.29 is 23.1 Å². The topological polar surface area (TPSA) is 119 Å². The van der Waals surface area contributed by atoms with Crippen LogP contribution in [0.3, 0.4) is 0 Å². The molecule has 7 nitrogen and oxygen atoms in total. The molecule has 0 aliphatic heterocycles. The highest BCUT2D eigenvalue weighted by Gasteiger charge is 2.19. The lowest BCUT2D eigenvalue weighted by molar-refractivity contribution is 0.0696. The summed E-state index contributed by atoms with van der Waals surface area (Å²) in [5.74, 6) is -1.17. The fourth-order valence-corrected chi connectivity index (χ4v) is 2.80. The maximum absolute atomic E-state index is 12.0. The number of carbonyl (C=O) groups is 1. The molecular weight excluding hydrogens is 284 g/mol. The van der Waals surface area contributed by atoms with Crippen LogP contribution >= 0.6 is 0 Å². The Labute approximate surface area is 117 Å². The third kappa shape index (κ3) is 4.19. The second-order valence-electron chi connectivity index (χ2n) is 4.18. The van der Waals surface area contributed by atoms with Crippen molar-refractivity contribution in [2.24, 2.45) is 0 Å². The molecule has 1 aromatic rings. The normalized spacial score (nSPS) is 13.1. The minimum Gasteiger partial charge on any atom is -0.478 e. The molecule has 1 atom stereocenters. The number of hydrogen-bond acceptors (Lipinski definition) is 5. The summed E-state index contributed by atoms with van der Waals surface area (Å²) >= 11 is 0. The number of nitrogen functional groups attached to an aromatic ring is 1. The van der Waals surface area contributed by atoms with Gasteiger partial charge in [0, 0.05) is 13.2 Å². The zero-order valence-electron chi connectivity index (χ0n) is 11.3. The second kappa shape index (κ2) is 6.69. The summed E-state index contributed by atoms with van der Waals surface area (Å²) in [5.41, 5.74) is 5.42. The van der Waals surface area contributed by atoms with Gasteiger partial charge >= 0.3 is 5.97 Å². The molecule has 0 fully saturated rings. The van der Waals surface area contributed by atoms with E-state index in [1.54, 1.807) is 6.92 Å². The van der Waals surface area contributed by atoms with Crippen LogP contribution in [0.1, 0.15) is 24.2 Å². The molecule has 1 aromatic carbocycles. The van der Waals surface area contributed by atoms with Gasteiger partial charge in [-0.15, -0.1) is 0 Å². The molecule has 0 amide bonds. The van der Waals surface area contributed by atoms with Crippen molar-refractivity contribution in [2.75, 3.05) is 18.9 Å². The van der Waals surface area contributed by atoms with Gasteiger partial charge in [0.2, 0.25) is 10.0 Å². The molecule has 4 N–H and O–H groups in total. The van der Waals surface area contributed by atoms with E-state index in [0.29, 0.717) is 6.61 Å². The molecule has 1 unspecified atom stereocenters. The number of nitrogens with two attached hydrogens (primary N) is 1. The van der Waals surface area contributed by atoms with Crippen LogP contribution in [0.2, 0.25) is 0 Å². The molecule has 8 heteroatoms. The SMILES string of the molecule is CCOC(C)CNS(=O)(=O)c1ccc(C(=O)O)cc1N. The molecule has 20 heavy (non-hydrogen) atoms. The average Bonchev–Trinajstić information content (AvgIpc) is 2.36. The fourth-order valence-electron chi connectivity index (χ4n) is 1.57. The first-order valence-electron chi connectivity index (χ1n) is 6.02. The van der Waals surface area contributed by atoms with Gasteiger partial charge in [-0.3, -0.25) is 0 Å². The molecule has 1 rings (SSSR count). The molecule has 0 aromatic heterocycles. The molecule has 112 valence electrons. The Balaban J connectivity index is 2.90. The number of benzene rings is 1.